The number of benzene rings is 1. The van der Waals surface area contributed by atoms with Crippen molar-refractivity contribution in [3.05, 3.63) is 36.0 Å². The smallest absolute Gasteiger partial charge is 0.221 e. The van der Waals surface area contributed by atoms with Crippen LogP contribution in [-0.2, 0) is 4.79 Å². The fraction of sp³-hybridized carbons (Fsp3) is 0.0833. The van der Waals surface area contributed by atoms with Crippen molar-refractivity contribution in [3.8, 4) is 0 Å². The molecule has 0 radical (unpaired) electrons. The van der Waals surface area contributed by atoms with E-state index in [9.17, 15) is 9.59 Å². The molecule has 80 valence electrons. The molecule has 0 fully saturated rings. The van der Waals surface area contributed by atoms with Crippen LogP contribution in [0, 0.1) is 0 Å². The molecule has 0 atom stereocenters. The molecule has 4 nitrogen and oxygen atoms in total. The average molecular weight is 214 g/mol. The monoisotopic (exact) mass is 214 g/mol. The summed E-state index contributed by atoms with van der Waals surface area (Å²) in [4.78, 5) is 25.8. The number of hydrogen-bond donors (Lipinski definition) is 1. The van der Waals surface area contributed by atoms with Crippen LogP contribution in [0.1, 0.15) is 17.4 Å². The largest absolute Gasteiger partial charge is 0.324 e. The Morgan fingerprint density at radius 3 is 2.81 bits per heavy atom. The number of para-hydroxylation sites is 1. The second-order valence-corrected chi connectivity index (χ2v) is 3.41. The molecule has 2 rings (SSSR count). The number of nitrogens with one attached hydrogen (secondary N) is 1. The zero-order valence-electron chi connectivity index (χ0n) is 8.73. The van der Waals surface area contributed by atoms with Crippen LogP contribution in [0.15, 0.2) is 30.3 Å². The van der Waals surface area contributed by atoms with Crippen molar-refractivity contribution in [2.75, 3.05) is 5.32 Å². The summed E-state index contributed by atoms with van der Waals surface area (Å²) in [5, 5.41) is 3.57. The number of aldehydes is 1. The molecular weight excluding hydrogens is 204 g/mol. The SMILES string of the molecule is CC(=O)Nc1cccc2ccc(C=O)nc12. The van der Waals surface area contributed by atoms with Crippen molar-refractivity contribution in [1.29, 1.82) is 0 Å². The van der Waals surface area contributed by atoms with Gasteiger partial charge in [0.2, 0.25) is 5.91 Å². The van der Waals surface area contributed by atoms with Crippen LogP contribution in [0.5, 0.6) is 0 Å². The van der Waals surface area contributed by atoms with E-state index in [-0.39, 0.29) is 5.91 Å². The first-order chi connectivity index (χ1) is 7.70. The van der Waals surface area contributed by atoms with Crippen LogP contribution in [-0.4, -0.2) is 17.2 Å². The van der Waals surface area contributed by atoms with E-state index in [2.05, 4.69) is 10.3 Å². The molecule has 2 aromatic rings. The maximum atomic E-state index is 11.0. The van der Waals surface area contributed by atoms with Crippen molar-refractivity contribution in [2.24, 2.45) is 0 Å². The predicted molar refractivity (Wildman–Crippen MR) is 61.4 cm³/mol. The topological polar surface area (TPSA) is 59.1 Å². The Labute approximate surface area is 92.3 Å². The Kier molecular flexibility index (Phi) is 2.64. The molecule has 1 amide bonds. The third-order valence-electron chi connectivity index (χ3n) is 2.17. The van der Waals surface area contributed by atoms with Gasteiger partial charge in [-0.05, 0) is 12.1 Å². The second-order valence-electron chi connectivity index (χ2n) is 3.41. The molecular formula is C12H10N2O2. The molecule has 1 heterocycles. The lowest BCUT2D eigenvalue weighted by Crippen LogP contribution is -2.06. The minimum absolute atomic E-state index is 0.161. The van der Waals surface area contributed by atoms with Crippen molar-refractivity contribution < 1.29 is 9.59 Å². The minimum atomic E-state index is -0.161. The Hall–Kier alpha value is -2.23. The summed E-state index contributed by atoms with van der Waals surface area (Å²) in [6.45, 7) is 1.43. The number of anilines is 1. The summed E-state index contributed by atoms with van der Waals surface area (Å²) in [6.07, 6.45) is 0.685. The first kappa shape index (κ1) is 10.3. The van der Waals surface area contributed by atoms with Gasteiger partial charge in [-0.25, -0.2) is 4.98 Å². The van der Waals surface area contributed by atoms with Gasteiger partial charge in [-0.3, -0.25) is 9.59 Å². The lowest BCUT2D eigenvalue weighted by atomic mass is 10.1. The molecule has 0 saturated heterocycles. The highest BCUT2D eigenvalue weighted by Crippen LogP contribution is 2.21. The van der Waals surface area contributed by atoms with Crippen LogP contribution in [0.25, 0.3) is 10.9 Å². The van der Waals surface area contributed by atoms with E-state index in [0.717, 1.165) is 5.39 Å². The van der Waals surface area contributed by atoms with E-state index >= 15 is 0 Å². The van der Waals surface area contributed by atoms with Gasteiger partial charge < -0.3 is 5.32 Å². The Bertz CT molecular complexity index is 564. The summed E-state index contributed by atoms with van der Waals surface area (Å²) >= 11 is 0. The highest BCUT2D eigenvalue weighted by atomic mass is 16.1. The fourth-order valence-electron chi connectivity index (χ4n) is 1.52. The van der Waals surface area contributed by atoms with Crippen molar-refractivity contribution in [3.63, 3.8) is 0 Å². The van der Waals surface area contributed by atoms with E-state index in [1.54, 1.807) is 18.2 Å². The number of pyridine rings is 1. The molecule has 16 heavy (non-hydrogen) atoms. The summed E-state index contributed by atoms with van der Waals surface area (Å²) in [7, 11) is 0. The van der Waals surface area contributed by atoms with Crippen LogP contribution < -0.4 is 5.32 Å². The number of nitrogens with zero attached hydrogens (tertiary/aromatic N) is 1. The van der Waals surface area contributed by atoms with Crippen molar-refractivity contribution in [1.82, 2.24) is 4.98 Å². The van der Waals surface area contributed by atoms with Gasteiger partial charge in [0.05, 0.1) is 11.2 Å². The van der Waals surface area contributed by atoms with Gasteiger partial charge in [-0.2, -0.15) is 0 Å². The summed E-state index contributed by atoms with van der Waals surface area (Å²) in [6, 6.07) is 8.91. The number of fused-ring (bicyclic) bond motifs is 1. The molecule has 1 aromatic heterocycles. The molecule has 0 aliphatic carbocycles. The highest BCUT2D eigenvalue weighted by molar-refractivity contribution is 6.00. The van der Waals surface area contributed by atoms with Crippen LogP contribution in [0.4, 0.5) is 5.69 Å². The maximum absolute atomic E-state index is 11.0. The van der Waals surface area contributed by atoms with E-state index in [0.29, 0.717) is 23.2 Å². The van der Waals surface area contributed by atoms with E-state index in [1.807, 2.05) is 12.1 Å². The molecule has 4 heteroatoms. The Morgan fingerprint density at radius 1 is 1.31 bits per heavy atom. The first-order valence-corrected chi connectivity index (χ1v) is 4.83. The minimum Gasteiger partial charge on any atom is -0.324 e. The Balaban J connectivity index is 2.63. The van der Waals surface area contributed by atoms with E-state index in [4.69, 9.17) is 0 Å². The van der Waals surface area contributed by atoms with Gasteiger partial charge in [0, 0.05) is 12.3 Å². The number of carbonyl (C=O) groups is 2. The zero-order valence-corrected chi connectivity index (χ0v) is 8.73. The van der Waals surface area contributed by atoms with Crippen LogP contribution in [0.3, 0.4) is 0 Å². The fourth-order valence-corrected chi connectivity index (χ4v) is 1.52. The van der Waals surface area contributed by atoms with Gasteiger partial charge in [0.15, 0.2) is 6.29 Å². The summed E-state index contributed by atoms with van der Waals surface area (Å²) in [5.74, 6) is -0.161. The Morgan fingerprint density at radius 2 is 2.12 bits per heavy atom. The molecule has 1 N–H and O–H groups in total. The number of amides is 1. The van der Waals surface area contributed by atoms with Gasteiger partial charge in [-0.1, -0.05) is 18.2 Å². The summed E-state index contributed by atoms with van der Waals surface area (Å²) < 4.78 is 0. The third kappa shape index (κ3) is 1.91. The second kappa shape index (κ2) is 4.10. The molecule has 1 aromatic carbocycles. The number of carbonyl (C=O) groups excluding carboxylic acids is 2. The molecule has 0 aliphatic rings. The quantitative estimate of drug-likeness (QED) is 0.778. The van der Waals surface area contributed by atoms with Crippen molar-refractivity contribution >= 4 is 28.8 Å². The average Bonchev–Trinajstić information content (AvgIpc) is 2.28. The molecule has 0 bridgehead atoms. The van der Waals surface area contributed by atoms with E-state index < -0.39 is 0 Å². The standard InChI is InChI=1S/C12H10N2O2/c1-8(16)13-11-4-2-3-9-5-6-10(7-15)14-12(9)11/h2-7H,1H3,(H,13,16). The first-order valence-electron chi connectivity index (χ1n) is 4.83. The van der Waals surface area contributed by atoms with Gasteiger partial charge in [0.1, 0.15) is 5.69 Å². The molecule has 0 spiro atoms. The maximum Gasteiger partial charge on any atom is 0.221 e. The van der Waals surface area contributed by atoms with Crippen molar-refractivity contribution in [2.45, 2.75) is 6.92 Å². The highest BCUT2D eigenvalue weighted by Gasteiger charge is 2.04. The lowest BCUT2D eigenvalue weighted by Gasteiger charge is -2.06. The van der Waals surface area contributed by atoms with E-state index in [1.165, 1.54) is 6.92 Å². The number of hydrogen-bond acceptors (Lipinski definition) is 3. The van der Waals surface area contributed by atoms with Crippen LogP contribution >= 0.6 is 0 Å². The normalized spacial score (nSPS) is 10.1. The van der Waals surface area contributed by atoms with Crippen LogP contribution in [0.2, 0.25) is 0 Å². The predicted octanol–water partition coefficient (Wildman–Crippen LogP) is 2.01. The molecule has 0 aliphatic heterocycles. The van der Waals surface area contributed by atoms with Gasteiger partial charge in [-0.15, -0.1) is 0 Å². The molecule has 0 unspecified atom stereocenters. The van der Waals surface area contributed by atoms with Gasteiger partial charge >= 0.3 is 0 Å². The third-order valence-corrected chi connectivity index (χ3v) is 2.17. The van der Waals surface area contributed by atoms with Gasteiger partial charge in [0.25, 0.3) is 0 Å². The molecule has 0 saturated carbocycles. The number of rotatable bonds is 2. The lowest BCUT2D eigenvalue weighted by molar-refractivity contribution is -0.114. The summed E-state index contributed by atoms with van der Waals surface area (Å²) in [5.41, 5.74) is 1.60. The number of aromatic nitrogens is 1. The zero-order chi connectivity index (χ0) is 11.5.